The second-order valence-electron chi connectivity index (χ2n) is 5.78. The number of carbonyl (C=O) groups is 1. The molecule has 0 radical (unpaired) electrons. The molecule has 2 aromatic carbocycles. The van der Waals surface area contributed by atoms with Gasteiger partial charge in [-0.3, -0.25) is 9.36 Å². The lowest BCUT2D eigenvalue weighted by atomic mass is 10.1. The van der Waals surface area contributed by atoms with Crippen LogP contribution in [-0.4, -0.2) is 33.5 Å². The average molecular weight is 386 g/mol. The number of amides is 1. The summed E-state index contributed by atoms with van der Waals surface area (Å²) in [5, 5.41) is 11.4. The number of hydrogen-bond acceptors (Lipinski definition) is 5. The number of methoxy groups -OCH3 is 1. The lowest BCUT2D eigenvalue weighted by Gasteiger charge is -2.15. The quantitative estimate of drug-likeness (QED) is 0.631. The van der Waals surface area contributed by atoms with Gasteiger partial charge in [-0.25, -0.2) is 4.39 Å². The lowest BCUT2D eigenvalue weighted by Crippen LogP contribution is -2.28. The molecule has 3 rings (SSSR count). The van der Waals surface area contributed by atoms with E-state index in [-0.39, 0.29) is 17.5 Å². The van der Waals surface area contributed by atoms with E-state index in [4.69, 9.17) is 4.74 Å². The van der Waals surface area contributed by atoms with Gasteiger partial charge in [0, 0.05) is 11.3 Å². The molecule has 140 valence electrons. The first kappa shape index (κ1) is 18.9. The van der Waals surface area contributed by atoms with Gasteiger partial charge < -0.3 is 10.1 Å². The number of benzene rings is 2. The second kappa shape index (κ2) is 8.68. The number of thioether (sulfide) groups is 1. The van der Waals surface area contributed by atoms with Crippen LogP contribution in [0.15, 0.2) is 60.0 Å². The highest BCUT2D eigenvalue weighted by molar-refractivity contribution is 7.99. The zero-order valence-electron chi connectivity index (χ0n) is 14.9. The van der Waals surface area contributed by atoms with Gasteiger partial charge in [0.25, 0.3) is 0 Å². The van der Waals surface area contributed by atoms with Gasteiger partial charge in [0.2, 0.25) is 5.91 Å². The third-order valence-corrected chi connectivity index (χ3v) is 4.89. The van der Waals surface area contributed by atoms with Crippen LogP contribution in [0.4, 0.5) is 4.39 Å². The predicted molar refractivity (Wildman–Crippen MR) is 102 cm³/mol. The molecule has 0 aliphatic carbocycles. The summed E-state index contributed by atoms with van der Waals surface area (Å²) in [6.45, 7) is 1.75. The van der Waals surface area contributed by atoms with Crippen LogP contribution in [0.3, 0.4) is 0 Å². The van der Waals surface area contributed by atoms with E-state index in [1.807, 2.05) is 24.3 Å². The minimum Gasteiger partial charge on any atom is -0.497 e. The Morgan fingerprint density at radius 1 is 1.26 bits per heavy atom. The first-order valence-electron chi connectivity index (χ1n) is 8.29. The number of ether oxygens (including phenoxy) is 1. The molecular weight excluding hydrogens is 367 g/mol. The van der Waals surface area contributed by atoms with E-state index in [0.717, 1.165) is 11.4 Å². The molecule has 0 fully saturated rings. The fourth-order valence-electron chi connectivity index (χ4n) is 2.56. The summed E-state index contributed by atoms with van der Waals surface area (Å²) in [4.78, 5) is 12.2. The molecular formula is C19H19FN4O2S. The smallest absolute Gasteiger partial charge is 0.230 e. The minimum absolute atomic E-state index is 0.146. The maximum atomic E-state index is 13.8. The molecule has 0 aliphatic rings. The fraction of sp³-hybridized carbons (Fsp3) is 0.211. The number of nitrogens with one attached hydrogen (secondary N) is 1. The average Bonchev–Trinajstić information content (AvgIpc) is 3.15. The van der Waals surface area contributed by atoms with Gasteiger partial charge in [-0.1, -0.05) is 30.0 Å². The van der Waals surface area contributed by atoms with E-state index in [0.29, 0.717) is 10.7 Å². The van der Waals surface area contributed by atoms with E-state index in [1.165, 1.54) is 17.8 Å². The van der Waals surface area contributed by atoms with Gasteiger partial charge >= 0.3 is 0 Å². The van der Waals surface area contributed by atoms with Crippen molar-refractivity contribution in [1.29, 1.82) is 0 Å². The third-order valence-electron chi connectivity index (χ3n) is 3.95. The molecule has 6 nitrogen and oxygen atoms in total. The first-order chi connectivity index (χ1) is 13.1. The molecule has 0 aliphatic heterocycles. The van der Waals surface area contributed by atoms with Crippen molar-refractivity contribution >= 4 is 17.7 Å². The monoisotopic (exact) mass is 386 g/mol. The molecule has 1 aromatic heterocycles. The Morgan fingerprint density at radius 2 is 2.00 bits per heavy atom. The third kappa shape index (κ3) is 4.65. The number of halogens is 1. The van der Waals surface area contributed by atoms with Gasteiger partial charge in [-0.15, -0.1) is 10.2 Å². The van der Waals surface area contributed by atoms with Crippen LogP contribution >= 0.6 is 11.8 Å². The van der Waals surface area contributed by atoms with Gasteiger partial charge in [-0.05, 0) is 37.3 Å². The van der Waals surface area contributed by atoms with Crippen LogP contribution in [0.25, 0.3) is 5.69 Å². The Hall–Kier alpha value is -2.87. The zero-order valence-corrected chi connectivity index (χ0v) is 15.7. The zero-order chi connectivity index (χ0) is 19.2. The van der Waals surface area contributed by atoms with E-state index in [9.17, 15) is 9.18 Å². The molecule has 8 heteroatoms. The number of rotatable bonds is 7. The van der Waals surface area contributed by atoms with Crippen molar-refractivity contribution < 1.29 is 13.9 Å². The maximum Gasteiger partial charge on any atom is 0.230 e. The summed E-state index contributed by atoms with van der Waals surface area (Å²) in [6.07, 6.45) is 1.59. The summed E-state index contributed by atoms with van der Waals surface area (Å²) >= 11 is 1.26. The first-order valence-corrected chi connectivity index (χ1v) is 9.28. The van der Waals surface area contributed by atoms with Crippen molar-refractivity contribution in [2.24, 2.45) is 0 Å². The van der Waals surface area contributed by atoms with Crippen LogP contribution in [0.2, 0.25) is 0 Å². The fourth-order valence-corrected chi connectivity index (χ4v) is 3.30. The van der Waals surface area contributed by atoms with Crippen LogP contribution in [0.5, 0.6) is 5.75 Å². The van der Waals surface area contributed by atoms with E-state index >= 15 is 0 Å². The Balaban J connectivity index is 1.61. The highest BCUT2D eigenvalue weighted by Crippen LogP contribution is 2.22. The summed E-state index contributed by atoms with van der Waals surface area (Å²) < 4.78 is 20.7. The number of hydrogen-bond donors (Lipinski definition) is 1. The molecule has 1 amide bonds. The van der Waals surface area contributed by atoms with Crippen LogP contribution < -0.4 is 10.1 Å². The molecule has 1 N–H and O–H groups in total. The molecule has 0 bridgehead atoms. The summed E-state index contributed by atoms with van der Waals surface area (Å²) in [5.41, 5.74) is 1.32. The summed E-state index contributed by atoms with van der Waals surface area (Å²) in [7, 11) is 1.61. The molecule has 1 heterocycles. The minimum atomic E-state index is -0.418. The van der Waals surface area contributed by atoms with Crippen LogP contribution in [0.1, 0.15) is 18.5 Å². The van der Waals surface area contributed by atoms with Crippen molar-refractivity contribution in [3.8, 4) is 11.4 Å². The second-order valence-corrected chi connectivity index (χ2v) is 6.72. The highest BCUT2D eigenvalue weighted by Gasteiger charge is 2.15. The summed E-state index contributed by atoms with van der Waals surface area (Å²) in [6, 6.07) is 13.4. The molecule has 0 saturated carbocycles. The number of nitrogens with zero attached hydrogens (tertiary/aromatic N) is 3. The van der Waals surface area contributed by atoms with Gasteiger partial charge in [0.15, 0.2) is 5.16 Å². The van der Waals surface area contributed by atoms with Crippen LogP contribution in [0, 0.1) is 5.82 Å². The van der Waals surface area contributed by atoms with Gasteiger partial charge in [0.1, 0.15) is 17.9 Å². The van der Waals surface area contributed by atoms with Crippen LogP contribution in [-0.2, 0) is 4.79 Å². The Kier molecular flexibility index (Phi) is 6.08. The normalized spacial score (nSPS) is 11.8. The van der Waals surface area contributed by atoms with Gasteiger partial charge in [0.05, 0.1) is 18.9 Å². The van der Waals surface area contributed by atoms with E-state index < -0.39 is 6.04 Å². The van der Waals surface area contributed by atoms with Gasteiger partial charge in [-0.2, -0.15) is 0 Å². The largest absolute Gasteiger partial charge is 0.497 e. The Bertz CT molecular complexity index is 914. The van der Waals surface area contributed by atoms with Crippen molar-refractivity contribution in [2.45, 2.75) is 18.1 Å². The SMILES string of the molecule is COc1ccc(-n2cnnc2SCC(=O)N[C@@H](C)c2ccccc2F)cc1. The highest BCUT2D eigenvalue weighted by atomic mass is 32.2. The summed E-state index contributed by atoms with van der Waals surface area (Å²) in [5.74, 6) is 0.355. The van der Waals surface area contributed by atoms with Crippen molar-refractivity contribution in [3.63, 3.8) is 0 Å². The van der Waals surface area contributed by atoms with Crippen molar-refractivity contribution in [2.75, 3.05) is 12.9 Å². The van der Waals surface area contributed by atoms with Crippen molar-refractivity contribution in [3.05, 3.63) is 66.2 Å². The number of carbonyl (C=O) groups excluding carboxylic acids is 1. The number of aromatic nitrogens is 3. The van der Waals surface area contributed by atoms with E-state index in [2.05, 4.69) is 15.5 Å². The molecule has 27 heavy (non-hydrogen) atoms. The predicted octanol–water partition coefficient (Wildman–Crippen LogP) is 3.38. The molecule has 1 atom stereocenters. The Morgan fingerprint density at radius 3 is 2.70 bits per heavy atom. The molecule has 0 saturated heterocycles. The molecule has 0 spiro atoms. The Labute approximate surface area is 160 Å². The molecule has 0 unspecified atom stereocenters. The molecule has 3 aromatic rings. The van der Waals surface area contributed by atoms with Crippen molar-refractivity contribution in [1.82, 2.24) is 20.1 Å². The topological polar surface area (TPSA) is 69.0 Å². The standard InChI is InChI=1S/C19H19FN4O2S/c1-13(16-5-3-4-6-17(16)20)22-18(25)11-27-19-23-21-12-24(19)14-7-9-15(26-2)10-8-14/h3-10,12-13H,11H2,1-2H3,(H,22,25)/t13-/m0/s1. The lowest BCUT2D eigenvalue weighted by molar-refractivity contribution is -0.119. The maximum absolute atomic E-state index is 13.8. The van der Waals surface area contributed by atoms with E-state index in [1.54, 1.807) is 43.1 Å².